The van der Waals surface area contributed by atoms with Crippen molar-refractivity contribution in [2.75, 3.05) is 18.6 Å². The molecule has 0 aliphatic rings. The molecule has 0 saturated carbocycles. The Kier molecular flexibility index (Phi) is 4.85. The molecule has 0 amide bonds. The highest BCUT2D eigenvalue weighted by atomic mass is 32.2. The van der Waals surface area contributed by atoms with Crippen LogP contribution in [-0.2, 0) is 13.1 Å². The third kappa shape index (κ3) is 3.36. The summed E-state index contributed by atoms with van der Waals surface area (Å²) in [5.74, 6) is 2.11. The van der Waals surface area contributed by atoms with Crippen molar-refractivity contribution in [1.82, 2.24) is 20.1 Å². The Bertz CT molecular complexity index is 213. The molecule has 0 aromatic carbocycles. The molecule has 13 heavy (non-hydrogen) atoms. The first-order valence-electron chi connectivity index (χ1n) is 4.44. The monoisotopic (exact) mass is 200 g/mol. The number of nitrogens with one attached hydrogen (secondary N) is 1. The SMILES string of the molecule is CCNCc1ncnn1CCSC. The quantitative estimate of drug-likeness (QED) is 0.736. The van der Waals surface area contributed by atoms with Crippen molar-refractivity contribution in [3.05, 3.63) is 12.2 Å². The predicted octanol–water partition coefficient (Wildman–Crippen LogP) is 0.751. The summed E-state index contributed by atoms with van der Waals surface area (Å²) in [5, 5.41) is 7.40. The van der Waals surface area contributed by atoms with Crippen LogP contribution in [0, 0.1) is 0 Å². The number of aromatic nitrogens is 3. The zero-order valence-corrected chi connectivity index (χ0v) is 8.97. The zero-order chi connectivity index (χ0) is 9.52. The Labute approximate surface area is 83.1 Å². The van der Waals surface area contributed by atoms with Crippen molar-refractivity contribution in [2.45, 2.75) is 20.0 Å². The number of rotatable bonds is 6. The van der Waals surface area contributed by atoms with Gasteiger partial charge in [0, 0.05) is 5.75 Å². The van der Waals surface area contributed by atoms with Crippen LogP contribution in [0.2, 0.25) is 0 Å². The van der Waals surface area contributed by atoms with Crippen LogP contribution in [0.25, 0.3) is 0 Å². The van der Waals surface area contributed by atoms with E-state index >= 15 is 0 Å². The van der Waals surface area contributed by atoms with E-state index in [0.717, 1.165) is 31.2 Å². The van der Waals surface area contributed by atoms with E-state index in [-0.39, 0.29) is 0 Å². The Hall–Kier alpha value is -0.550. The second-order valence-corrected chi connectivity index (χ2v) is 3.66. The highest BCUT2D eigenvalue weighted by Gasteiger charge is 2.01. The van der Waals surface area contributed by atoms with Gasteiger partial charge in [-0.15, -0.1) is 0 Å². The van der Waals surface area contributed by atoms with Gasteiger partial charge in [0.05, 0.1) is 13.1 Å². The van der Waals surface area contributed by atoms with Crippen molar-refractivity contribution >= 4 is 11.8 Å². The van der Waals surface area contributed by atoms with E-state index < -0.39 is 0 Å². The lowest BCUT2D eigenvalue weighted by molar-refractivity contribution is 0.585. The molecule has 1 aromatic heterocycles. The van der Waals surface area contributed by atoms with Crippen molar-refractivity contribution in [3.8, 4) is 0 Å². The maximum Gasteiger partial charge on any atom is 0.140 e. The fraction of sp³-hybridized carbons (Fsp3) is 0.750. The molecule has 5 heteroatoms. The fourth-order valence-corrected chi connectivity index (χ4v) is 1.38. The van der Waals surface area contributed by atoms with Crippen LogP contribution in [0.1, 0.15) is 12.7 Å². The van der Waals surface area contributed by atoms with Crippen LogP contribution < -0.4 is 5.32 Å². The molecular formula is C8H16N4S. The lowest BCUT2D eigenvalue weighted by atomic mass is 10.5. The first-order chi connectivity index (χ1) is 6.38. The highest BCUT2D eigenvalue weighted by molar-refractivity contribution is 7.98. The summed E-state index contributed by atoms with van der Waals surface area (Å²) in [6, 6.07) is 0. The minimum Gasteiger partial charge on any atom is -0.310 e. The van der Waals surface area contributed by atoms with Gasteiger partial charge >= 0.3 is 0 Å². The summed E-state index contributed by atoms with van der Waals surface area (Å²) in [7, 11) is 0. The molecule has 1 heterocycles. The minimum absolute atomic E-state index is 0.810. The smallest absolute Gasteiger partial charge is 0.140 e. The molecule has 0 unspecified atom stereocenters. The van der Waals surface area contributed by atoms with E-state index in [9.17, 15) is 0 Å². The molecule has 74 valence electrons. The molecule has 1 rings (SSSR count). The van der Waals surface area contributed by atoms with Gasteiger partial charge in [0.15, 0.2) is 0 Å². The van der Waals surface area contributed by atoms with E-state index in [1.807, 2.05) is 16.4 Å². The average Bonchev–Trinajstić information content (AvgIpc) is 2.59. The third-order valence-corrected chi connectivity index (χ3v) is 2.33. The van der Waals surface area contributed by atoms with Crippen molar-refractivity contribution in [2.24, 2.45) is 0 Å². The van der Waals surface area contributed by atoms with Crippen LogP contribution in [0.15, 0.2) is 6.33 Å². The molecule has 0 spiro atoms. The van der Waals surface area contributed by atoms with E-state index in [1.54, 1.807) is 6.33 Å². The number of hydrogen-bond donors (Lipinski definition) is 1. The number of thioether (sulfide) groups is 1. The van der Waals surface area contributed by atoms with Gasteiger partial charge in [-0.1, -0.05) is 6.92 Å². The molecule has 0 bridgehead atoms. The van der Waals surface area contributed by atoms with Gasteiger partial charge in [0.25, 0.3) is 0 Å². The van der Waals surface area contributed by atoms with Gasteiger partial charge in [-0.3, -0.25) is 0 Å². The van der Waals surface area contributed by atoms with Crippen molar-refractivity contribution in [1.29, 1.82) is 0 Å². The molecule has 0 aliphatic carbocycles. The molecular weight excluding hydrogens is 184 g/mol. The van der Waals surface area contributed by atoms with E-state index in [0.29, 0.717) is 0 Å². The molecule has 1 aromatic rings. The van der Waals surface area contributed by atoms with Crippen LogP contribution in [0.4, 0.5) is 0 Å². The summed E-state index contributed by atoms with van der Waals surface area (Å²) >= 11 is 1.82. The molecule has 0 atom stereocenters. The Morgan fingerprint density at radius 3 is 3.15 bits per heavy atom. The Morgan fingerprint density at radius 1 is 1.62 bits per heavy atom. The largest absolute Gasteiger partial charge is 0.310 e. The Morgan fingerprint density at radius 2 is 2.46 bits per heavy atom. The van der Waals surface area contributed by atoms with Gasteiger partial charge in [0.1, 0.15) is 12.2 Å². The molecule has 0 aliphatic heterocycles. The lowest BCUT2D eigenvalue weighted by Crippen LogP contribution is -2.17. The topological polar surface area (TPSA) is 42.7 Å². The maximum atomic E-state index is 4.19. The first kappa shape index (κ1) is 10.5. The lowest BCUT2D eigenvalue weighted by Gasteiger charge is -2.04. The number of nitrogens with zero attached hydrogens (tertiary/aromatic N) is 3. The Balaban J connectivity index is 2.45. The van der Waals surface area contributed by atoms with Gasteiger partial charge < -0.3 is 5.32 Å². The molecule has 1 N–H and O–H groups in total. The van der Waals surface area contributed by atoms with Crippen LogP contribution in [0.3, 0.4) is 0 Å². The van der Waals surface area contributed by atoms with Crippen LogP contribution in [-0.4, -0.2) is 33.3 Å². The summed E-state index contributed by atoms with van der Waals surface area (Å²) in [5.41, 5.74) is 0. The van der Waals surface area contributed by atoms with Gasteiger partial charge in [-0.2, -0.15) is 16.9 Å². The van der Waals surface area contributed by atoms with Crippen molar-refractivity contribution < 1.29 is 0 Å². The summed E-state index contributed by atoms with van der Waals surface area (Å²) in [4.78, 5) is 4.19. The summed E-state index contributed by atoms with van der Waals surface area (Å²) in [6.45, 7) is 4.81. The second-order valence-electron chi connectivity index (χ2n) is 2.67. The third-order valence-electron chi connectivity index (χ3n) is 1.74. The van der Waals surface area contributed by atoms with E-state index in [2.05, 4.69) is 28.6 Å². The van der Waals surface area contributed by atoms with Gasteiger partial charge in [0.2, 0.25) is 0 Å². The van der Waals surface area contributed by atoms with Gasteiger partial charge in [-0.25, -0.2) is 9.67 Å². The standard InChI is InChI=1S/C8H16N4S/c1-3-9-6-8-10-7-11-12(8)4-5-13-2/h7,9H,3-6H2,1-2H3. The molecule has 4 nitrogen and oxygen atoms in total. The first-order valence-corrected chi connectivity index (χ1v) is 5.84. The molecule has 0 saturated heterocycles. The van der Waals surface area contributed by atoms with Crippen molar-refractivity contribution in [3.63, 3.8) is 0 Å². The number of aryl methyl sites for hydroxylation is 1. The highest BCUT2D eigenvalue weighted by Crippen LogP contribution is 1.97. The average molecular weight is 200 g/mol. The second kappa shape index (κ2) is 5.99. The fourth-order valence-electron chi connectivity index (χ4n) is 1.03. The van der Waals surface area contributed by atoms with Gasteiger partial charge in [-0.05, 0) is 12.8 Å². The zero-order valence-electron chi connectivity index (χ0n) is 8.16. The molecule has 0 radical (unpaired) electrons. The van der Waals surface area contributed by atoms with E-state index in [4.69, 9.17) is 0 Å². The number of hydrogen-bond acceptors (Lipinski definition) is 4. The normalized spacial score (nSPS) is 10.6. The summed E-state index contributed by atoms with van der Waals surface area (Å²) in [6.07, 6.45) is 3.72. The van der Waals surface area contributed by atoms with E-state index in [1.165, 1.54) is 0 Å². The summed E-state index contributed by atoms with van der Waals surface area (Å²) < 4.78 is 1.96. The minimum atomic E-state index is 0.810. The maximum absolute atomic E-state index is 4.19. The van der Waals surface area contributed by atoms with Crippen LogP contribution >= 0.6 is 11.8 Å². The van der Waals surface area contributed by atoms with Crippen LogP contribution in [0.5, 0.6) is 0 Å². The predicted molar refractivity (Wildman–Crippen MR) is 55.8 cm³/mol. The molecule has 0 fully saturated rings.